The molecule has 0 aromatic heterocycles. The molecule has 2 unspecified atom stereocenters. The van der Waals surface area contributed by atoms with Gasteiger partial charge in [0.25, 0.3) is 0 Å². The number of piperidine rings is 1. The van der Waals surface area contributed by atoms with Crippen molar-refractivity contribution in [1.82, 2.24) is 4.90 Å². The number of carboxylic acid groups (broad SMARTS) is 1. The number of likely N-dealkylation sites (tertiary alicyclic amines) is 1. The molecule has 0 bridgehead atoms. The van der Waals surface area contributed by atoms with Crippen molar-refractivity contribution in [3.8, 4) is 0 Å². The number of rotatable bonds is 6. The number of nitrogens with zero attached hydrogens (tertiary/aromatic N) is 1. The topological polar surface area (TPSA) is 59.0 Å². The van der Waals surface area contributed by atoms with Crippen LogP contribution in [0.25, 0.3) is 0 Å². The van der Waals surface area contributed by atoms with E-state index in [-0.39, 0.29) is 30.4 Å². The molecule has 1 aromatic carbocycles. The molecule has 1 aliphatic carbocycles. The maximum Gasteiger partial charge on any atom is 0.416 e. The van der Waals surface area contributed by atoms with Crippen molar-refractivity contribution in [1.29, 1.82) is 0 Å². The molecule has 0 amide bonds. The summed E-state index contributed by atoms with van der Waals surface area (Å²) in [7, 11) is 0. The molecule has 0 radical (unpaired) electrons. The van der Waals surface area contributed by atoms with Crippen LogP contribution in [0.5, 0.6) is 0 Å². The largest absolute Gasteiger partial charge is 0.493 e. The molecule has 1 saturated heterocycles. The van der Waals surface area contributed by atoms with Crippen LogP contribution in [-0.4, -0.2) is 48.3 Å². The third kappa shape index (κ3) is 6.53. The van der Waals surface area contributed by atoms with Crippen molar-refractivity contribution in [3.63, 3.8) is 0 Å². The van der Waals surface area contributed by atoms with E-state index in [4.69, 9.17) is 9.47 Å². The van der Waals surface area contributed by atoms with Crippen molar-refractivity contribution in [2.45, 2.75) is 44.3 Å². The molecule has 0 saturated carbocycles. The summed E-state index contributed by atoms with van der Waals surface area (Å²) in [5.74, 6) is -1.98. The zero-order valence-electron chi connectivity index (χ0n) is 19.5. The average Bonchev–Trinajstić information content (AvgIpc) is 2.82. The highest BCUT2D eigenvalue weighted by atomic mass is 19.4. The van der Waals surface area contributed by atoms with E-state index in [0.29, 0.717) is 38.2 Å². The van der Waals surface area contributed by atoms with Crippen LogP contribution >= 0.6 is 0 Å². The fraction of sp³-hybridized carbons (Fsp3) is 0.480. The lowest BCUT2D eigenvalue weighted by atomic mass is 9.93. The molecule has 4 rings (SSSR count). The van der Waals surface area contributed by atoms with E-state index < -0.39 is 59.5 Å². The van der Waals surface area contributed by atoms with Crippen LogP contribution in [0.4, 0.5) is 30.7 Å². The normalized spacial score (nSPS) is 23.3. The second-order valence-corrected chi connectivity index (χ2v) is 9.29. The highest BCUT2D eigenvalue weighted by Crippen LogP contribution is 2.39. The minimum absolute atomic E-state index is 0.0106. The molecule has 37 heavy (non-hydrogen) atoms. The summed E-state index contributed by atoms with van der Waals surface area (Å²) in [6.07, 6.45) is -6.63. The van der Waals surface area contributed by atoms with Crippen LogP contribution in [0, 0.1) is 5.92 Å². The van der Waals surface area contributed by atoms with Gasteiger partial charge < -0.3 is 14.6 Å². The number of carboxylic acids is 1. The number of ether oxygens (including phenoxy) is 2. The van der Waals surface area contributed by atoms with Crippen LogP contribution in [0.15, 0.2) is 53.1 Å². The number of fused-ring (bicyclic) bond motifs is 1. The van der Waals surface area contributed by atoms with Gasteiger partial charge in [0.05, 0.1) is 29.8 Å². The van der Waals surface area contributed by atoms with Crippen molar-refractivity contribution in [3.05, 3.63) is 69.8 Å². The maximum atomic E-state index is 14.9. The Morgan fingerprint density at radius 2 is 1.89 bits per heavy atom. The van der Waals surface area contributed by atoms with Crippen molar-refractivity contribution >= 4 is 5.97 Å². The summed E-state index contributed by atoms with van der Waals surface area (Å²) in [5, 5.41) is 9.25. The first-order chi connectivity index (χ1) is 17.3. The van der Waals surface area contributed by atoms with Gasteiger partial charge in [0.1, 0.15) is 18.2 Å². The molecule has 1 N–H and O–H groups in total. The number of halogens is 7. The van der Waals surface area contributed by atoms with Gasteiger partial charge in [-0.15, -0.1) is 0 Å². The van der Waals surface area contributed by atoms with Gasteiger partial charge in [0.2, 0.25) is 0 Å². The van der Waals surface area contributed by atoms with E-state index in [2.05, 4.69) is 0 Å². The number of benzene rings is 1. The van der Waals surface area contributed by atoms with Gasteiger partial charge in [0, 0.05) is 36.7 Å². The van der Waals surface area contributed by atoms with Crippen molar-refractivity contribution in [2.75, 3.05) is 26.2 Å². The monoisotopic (exact) mass is 535 g/mol. The second-order valence-electron chi connectivity index (χ2n) is 9.29. The van der Waals surface area contributed by atoms with Gasteiger partial charge in [-0.05, 0) is 37.1 Å². The standard InChI is InChI=1S/C25H24F7NO4/c26-21-8-18(36-13-16-3-4-17(24(27,28)29)7-20(16)25(30,31)32)9-22-19(21)6-14(12-37-22)10-33-5-1-2-15(11-33)23(34)35/h3-4,6-8,15,22H,1-2,5,9-13H2,(H,34,35). The number of allylic oxidation sites excluding steroid dienone is 2. The lowest BCUT2D eigenvalue weighted by Crippen LogP contribution is -2.40. The first kappa shape index (κ1) is 27.2. The Morgan fingerprint density at radius 3 is 2.57 bits per heavy atom. The molecule has 1 fully saturated rings. The van der Waals surface area contributed by atoms with Gasteiger partial charge in [-0.2, -0.15) is 26.3 Å². The SMILES string of the molecule is O=C(O)C1CCCN(CC2=CC3=C(F)C=C(OCc4ccc(C(F)(F)F)cc4C(F)(F)F)CC3OC2)C1. The van der Waals surface area contributed by atoms with Crippen LogP contribution < -0.4 is 0 Å². The molecular formula is C25H24F7NO4. The third-order valence-corrected chi connectivity index (χ3v) is 6.56. The summed E-state index contributed by atoms with van der Waals surface area (Å²) in [5.41, 5.74) is -2.39. The Morgan fingerprint density at radius 1 is 1.14 bits per heavy atom. The van der Waals surface area contributed by atoms with E-state index in [0.717, 1.165) is 18.1 Å². The van der Waals surface area contributed by atoms with Crippen LogP contribution in [0.3, 0.4) is 0 Å². The summed E-state index contributed by atoms with van der Waals surface area (Å²) < 4.78 is 105. The number of carbonyl (C=O) groups is 1. The molecule has 2 aliphatic heterocycles. The van der Waals surface area contributed by atoms with E-state index in [1.807, 2.05) is 4.90 Å². The molecular weight excluding hydrogens is 511 g/mol. The van der Waals surface area contributed by atoms with Gasteiger partial charge >= 0.3 is 18.3 Å². The highest BCUT2D eigenvalue weighted by molar-refractivity contribution is 5.70. The first-order valence-electron chi connectivity index (χ1n) is 11.6. The fourth-order valence-corrected chi connectivity index (χ4v) is 4.70. The fourth-order valence-electron chi connectivity index (χ4n) is 4.70. The highest BCUT2D eigenvalue weighted by Gasteiger charge is 2.38. The second kappa shape index (κ2) is 10.5. The molecule has 0 spiro atoms. The van der Waals surface area contributed by atoms with Crippen LogP contribution in [0.2, 0.25) is 0 Å². The molecule has 202 valence electrons. The Kier molecular flexibility index (Phi) is 7.70. The molecule has 5 nitrogen and oxygen atoms in total. The summed E-state index contributed by atoms with van der Waals surface area (Å²) in [6, 6.07) is 1.28. The quantitative estimate of drug-likeness (QED) is 0.462. The molecule has 1 aromatic rings. The molecule has 12 heteroatoms. The van der Waals surface area contributed by atoms with E-state index >= 15 is 0 Å². The van der Waals surface area contributed by atoms with Gasteiger partial charge in [-0.3, -0.25) is 9.69 Å². The van der Waals surface area contributed by atoms with Crippen LogP contribution in [0.1, 0.15) is 36.0 Å². The smallest absolute Gasteiger partial charge is 0.416 e. The minimum Gasteiger partial charge on any atom is -0.493 e. The lowest BCUT2D eigenvalue weighted by molar-refractivity contribution is -0.144. The summed E-state index contributed by atoms with van der Waals surface area (Å²) >= 11 is 0. The number of hydrogen-bond donors (Lipinski definition) is 1. The molecule has 2 atom stereocenters. The van der Waals surface area contributed by atoms with E-state index in [1.165, 1.54) is 0 Å². The number of aliphatic carboxylic acids is 1. The summed E-state index contributed by atoms with van der Waals surface area (Å²) in [6.45, 7) is 0.997. The average molecular weight is 535 g/mol. The van der Waals surface area contributed by atoms with Gasteiger partial charge in [0.15, 0.2) is 0 Å². The first-order valence-corrected chi connectivity index (χ1v) is 11.6. The summed E-state index contributed by atoms with van der Waals surface area (Å²) in [4.78, 5) is 13.3. The molecule has 2 heterocycles. The van der Waals surface area contributed by atoms with E-state index in [9.17, 15) is 40.6 Å². The predicted molar refractivity (Wildman–Crippen MR) is 117 cm³/mol. The maximum absolute atomic E-state index is 14.9. The third-order valence-electron chi connectivity index (χ3n) is 6.56. The van der Waals surface area contributed by atoms with E-state index in [1.54, 1.807) is 6.08 Å². The number of hydrogen-bond acceptors (Lipinski definition) is 4. The zero-order chi connectivity index (χ0) is 27.0. The Hall–Kier alpha value is -2.86. The zero-order valence-corrected chi connectivity index (χ0v) is 19.5. The van der Waals surface area contributed by atoms with Crippen LogP contribution in [-0.2, 0) is 33.2 Å². The molecule has 3 aliphatic rings. The number of alkyl halides is 6. The minimum atomic E-state index is -5.04. The van der Waals surface area contributed by atoms with Crippen molar-refractivity contribution < 1.29 is 50.1 Å². The Labute approximate surface area is 207 Å². The lowest BCUT2D eigenvalue weighted by Gasteiger charge is -2.34. The van der Waals surface area contributed by atoms with Gasteiger partial charge in [-0.25, -0.2) is 4.39 Å². The van der Waals surface area contributed by atoms with Crippen molar-refractivity contribution in [2.24, 2.45) is 5.92 Å². The Balaban J connectivity index is 1.46. The Bertz CT molecular complexity index is 1140. The van der Waals surface area contributed by atoms with Gasteiger partial charge in [-0.1, -0.05) is 12.1 Å². The predicted octanol–water partition coefficient (Wildman–Crippen LogP) is 5.87.